The molecule has 112 valence electrons. The Hall–Kier alpha value is -0.980. The number of hydrazine groups is 1. The largest absolute Gasteiger partial charge is 0.294 e. The van der Waals surface area contributed by atoms with Crippen LogP contribution < -0.4 is 11.3 Å². The number of hydrogen-bond acceptors (Lipinski definition) is 5. The SMILES string of the molecule is CC(C)c1nc(CN2CCCCC2C)sc1C(=O)NN. The molecule has 1 fully saturated rings. The van der Waals surface area contributed by atoms with E-state index in [1.807, 2.05) is 0 Å². The number of carbonyl (C=O) groups is 1. The summed E-state index contributed by atoms with van der Waals surface area (Å²) in [5.41, 5.74) is 3.08. The van der Waals surface area contributed by atoms with E-state index >= 15 is 0 Å². The third-order valence-electron chi connectivity index (χ3n) is 3.86. The molecule has 2 heterocycles. The Kier molecular flexibility index (Phi) is 5.12. The molecule has 6 heteroatoms. The van der Waals surface area contributed by atoms with Gasteiger partial charge in [0.15, 0.2) is 0 Å². The van der Waals surface area contributed by atoms with Crippen LogP contribution in [0, 0.1) is 0 Å². The Morgan fingerprint density at radius 3 is 2.90 bits per heavy atom. The summed E-state index contributed by atoms with van der Waals surface area (Å²) in [4.78, 5) is 19.6. The number of nitrogen functional groups attached to an aromatic ring is 1. The van der Waals surface area contributed by atoms with Crippen molar-refractivity contribution in [3.05, 3.63) is 15.6 Å². The molecular weight excluding hydrogens is 272 g/mol. The van der Waals surface area contributed by atoms with Crippen molar-refractivity contribution in [2.45, 2.75) is 58.5 Å². The van der Waals surface area contributed by atoms with E-state index in [1.54, 1.807) is 0 Å². The summed E-state index contributed by atoms with van der Waals surface area (Å²) in [6, 6.07) is 0.599. The molecule has 1 saturated heterocycles. The van der Waals surface area contributed by atoms with Crippen molar-refractivity contribution in [2.75, 3.05) is 6.54 Å². The van der Waals surface area contributed by atoms with Crippen molar-refractivity contribution < 1.29 is 4.79 Å². The number of thiazole rings is 1. The molecule has 1 atom stereocenters. The lowest BCUT2D eigenvalue weighted by atomic mass is 10.0. The van der Waals surface area contributed by atoms with E-state index in [2.05, 4.69) is 36.1 Å². The van der Waals surface area contributed by atoms with Crippen LogP contribution in [0.25, 0.3) is 0 Å². The highest BCUT2D eigenvalue weighted by atomic mass is 32.1. The van der Waals surface area contributed by atoms with E-state index in [9.17, 15) is 4.79 Å². The highest BCUT2D eigenvalue weighted by molar-refractivity contribution is 7.13. The van der Waals surface area contributed by atoms with Crippen LogP contribution in [0.2, 0.25) is 0 Å². The molecule has 1 aliphatic heterocycles. The molecule has 1 aromatic rings. The van der Waals surface area contributed by atoms with Gasteiger partial charge in [-0.05, 0) is 32.2 Å². The maximum absolute atomic E-state index is 11.8. The number of hydrogen-bond donors (Lipinski definition) is 2. The normalized spacial score (nSPS) is 20.4. The first-order chi connectivity index (χ1) is 9.52. The van der Waals surface area contributed by atoms with Crippen LogP contribution >= 0.6 is 11.3 Å². The lowest BCUT2D eigenvalue weighted by Gasteiger charge is -2.32. The van der Waals surface area contributed by atoms with Crippen LogP contribution in [0.1, 0.15) is 66.3 Å². The summed E-state index contributed by atoms with van der Waals surface area (Å²) >= 11 is 1.47. The fourth-order valence-corrected chi connectivity index (χ4v) is 3.78. The highest BCUT2D eigenvalue weighted by Gasteiger charge is 2.23. The van der Waals surface area contributed by atoms with Crippen LogP contribution in [0.5, 0.6) is 0 Å². The second-order valence-corrected chi connectivity index (χ2v) is 6.85. The van der Waals surface area contributed by atoms with Gasteiger partial charge in [-0.15, -0.1) is 11.3 Å². The standard InChI is InChI=1S/C14H24N4OS/c1-9(2)12-13(14(19)17-15)20-11(16-12)8-18-7-5-4-6-10(18)3/h9-10H,4-8,15H2,1-3H3,(H,17,19). The fourth-order valence-electron chi connectivity index (χ4n) is 2.63. The second-order valence-electron chi connectivity index (χ2n) is 5.77. The van der Waals surface area contributed by atoms with Gasteiger partial charge in [-0.1, -0.05) is 20.3 Å². The predicted molar refractivity (Wildman–Crippen MR) is 81.6 cm³/mol. The minimum absolute atomic E-state index is 0.228. The van der Waals surface area contributed by atoms with Crippen molar-refractivity contribution in [1.29, 1.82) is 0 Å². The Labute approximate surface area is 124 Å². The summed E-state index contributed by atoms with van der Waals surface area (Å²) in [7, 11) is 0. The molecule has 0 aromatic carbocycles. The molecule has 0 aliphatic carbocycles. The third-order valence-corrected chi connectivity index (χ3v) is 4.92. The minimum atomic E-state index is -0.232. The zero-order chi connectivity index (χ0) is 14.7. The molecule has 1 aromatic heterocycles. The van der Waals surface area contributed by atoms with Gasteiger partial charge in [0.25, 0.3) is 5.91 Å². The number of nitrogens with one attached hydrogen (secondary N) is 1. The minimum Gasteiger partial charge on any atom is -0.294 e. The lowest BCUT2D eigenvalue weighted by molar-refractivity contribution is 0.0956. The van der Waals surface area contributed by atoms with Gasteiger partial charge in [0, 0.05) is 6.04 Å². The number of piperidine rings is 1. The van der Waals surface area contributed by atoms with Crippen molar-refractivity contribution in [3.63, 3.8) is 0 Å². The predicted octanol–water partition coefficient (Wildman–Crippen LogP) is 2.24. The molecule has 1 unspecified atom stereocenters. The topological polar surface area (TPSA) is 71.2 Å². The molecule has 1 aliphatic rings. The van der Waals surface area contributed by atoms with E-state index in [0.717, 1.165) is 23.8 Å². The molecule has 5 nitrogen and oxygen atoms in total. The summed E-state index contributed by atoms with van der Waals surface area (Å²) < 4.78 is 0. The maximum Gasteiger partial charge on any atom is 0.277 e. The Morgan fingerprint density at radius 1 is 1.55 bits per heavy atom. The first-order valence-corrected chi connectivity index (χ1v) is 8.09. The van der Waals surface area contributed by atoms with E-state index in [1.165, 1.54) is 30.6 Å². The molecule has 1 amide bonds. The van der Waals surface area contributed by atoms with E-state index in [4.69, 9.17) is 5.84 Å². The number of rotatable bonds is 4. The average Bonchev–Trinajstić information content (AvgIpc) is 2.85. The van der Waals surface area contributed by atoms with Crippen LogP contribution in [0.3, 0.4) is 0 Å². The summed E-state index contributed by atoms with van der Waals surface area (Å²) in [6.45, 7) is 8.33. The van der Waals surface area contributed by atoms with Gasteiger partial charge < -0.3 is 0 Å². The average molecular weight is 296 g/mol. The highest BCUT2D eigenvalue weighted by Crippen LogP contribution is 2.27. The van der Waals surface area contributed by atoms with Crippen LogP contribution in [0.4, 0.5) is 0 Å². The van der Waals surface area contributed by atoms with Gasteiger partial charge in [0.1, 0.15) is 9.88 Å². The van der Waals surface area contributed by atoms with Gasteiger partial charge in [-0.25, -0.2) is 10.8 Å². The lowest BCUT2D eigenvalue weighted by Crippen LogP contribution is -2.36. The number of amides is 1. The van der Waals surface area contributed by atoms with Crippen molar-refractivity contribution in [2.24, 2.45) is 5.84 Å². The monoisotopic (exact) mass is 296 g/mol. The molecule has 2 rings (SSSR count). The summed E-state index contributed by atoms with van der Waals surface area (Å²) in [6.07, 6.45) is 3.81. The number of carbonyl (C=O) groups excluding carboxylic acids is 1. The number of nitrogens with zero attached hydrogens (tertiary/aromatic N) is 2. The first-order valence-electron chi connectivity index (χ1n) is 7.27. The van der Waals surface area contributed by atoms with Crippen molar-refractivity contribution in [3.8, 4) is 0 Å². The van der Waals surface area contributed by atoms with Gasteiger partial charge in [-0.3, -0.25) is 15.1 Å². The first kappa shape index (κ1) is 15.4. The Morgan fingerprint density at radius 2 is 2.30 bits per heavy atom. The zero-order valence-corrected chi connectivity index (χ0v) is 13.3. The Balaban J connectivity index is 2.18. The zero-order valence-electron chi connectivity index (χ0n) is 12.5. The summed E-state index contributed by atoms with van der Waals surface area (Å²) in [5.74, 6) is 5.25. The van der Waals surface area contributed by atoms with Gasteiger partial charge in [0.05, 0.1) is 12.2 Å². The number of aromatic nitrogens is 1. The third kappa shape index (κ3) is 3.37. The molecule has 0 saturated carbocycles. The molecule has 0 bridgehead atoms. The smallest absolute Gasteiger partial charge is 0.277 e. The Bertz CT molecular complexity index is 472. The van der Waals surface area contributed by atoms with E-state index in [0.29, 0.717) is 10.9 Å². The van der Waals surface area contributed by atoms with Crippen LogP contribution in [-0.4, -0.2) is 28.4 Å². The molecule has 3 N–H and O–H groups in total. The molecule has 20 heavy (non-hydrogen) atoms. The van der Waals surface area contributed by atoms with E-state index < -0.39 is 0 Å². The summed E-state index contributed by atoms with van der Waals surface area (Å²) in [5, 5.41) is 1.01. The quantitative estimate of drug-likeness (QED) is 0.508. The molecule has 0 radical (unpaired) electrons. The fraction of sp³-hybridized carbons (Fsp3) is 0.714. The van der Waals surface area contributed by atoms with Crippen molar-refractivity contribution >= 4 is 17.2 Å². The molecule has 0 spiro atoms. The molecular formula is C14H24N4OS. The van der Waals surface area contributed by atoms with E-state index in [-0.39, 0.29) is 11.8 Å². The van der Waals surface area contributed by atoms with Crippen molar-refractivity contribution in [1.82, 2.24) is 15.3 Å². The van der Waals surface area contributed by atoms with Crippen LogP contribution in [0.15, 0.2) is 0 Å². The van der Waals surface area contributed by atoms with Gasteiger partial charge in [-0.2, -0.15) is 0 Å². The van der Waals surface area contributed by atoms with Gasteiger partial charge >= 0.3 is 0 Å². The van der Waals surface area contributed by atoms with Crippen LogP contribution in [-0.2, 0) is 6.54 Å². The number of nitrogens with two attached hydrogens (primary N) is 1. The maximum atomic E-state index is 11.8. The number of likely N-dealkylation sites (tertiary alicyclic amines) is 1. The van der Waals surface area contributed by atoms with Gasteiger partial charge in [0.2, 0.25) is 0 Å². The second kappa shape index (κ2) is 6.65.